The van der Waals surface area contributed by atoms with Crippen molar-refractivity contribution < 1.29 is 14.3 Å². The summed E-state index contributed by atoms with van der Waals surface area (Å²) in [6, 6.07) is 21.8. The average Bonchev–Trinajstić information content (AvgIpc) is 2.74. The summed E-state index contributed by atoms with van der Waals surface area (Å²) in [6.45, 7) is 1.78. The molecule has 154 valence electrons. The predicted molar refractivity (Wildman–Crippen MR) is 125 cm³/mol. The number of hydrogen-bond acceptors (Lipinski definition) is 3. The maximum atomic E-state index is 12.6. The van der Waals surface area contributed by atoms with Crippen LogP contribution in [-0.2, 0) is 4.79 Å². The molecule has 5 nitrogen and oxygen atoms in total. The van der Waals surface area contributed by atoms with Gasteiger partial charge in [-0.3, -0.25) is 9.59 Å². The number of ether oxygens (including phenoxy) is 1. The van der Waals surface area contributed by atoms with E-state index in [1.807, 2.05) is 49.4 Å². The Kier molecular flexibility index (Phi) is 7.65. The Morgan fingerprint density at radius 3 is 2.47 bits per heavy atom. The van der Waals surface area contributed by atoms with Crippen molar-refractivity contribution in [2.75, 3.05) is 11.9 Å². The van der Waals surface area contributed by atoms with Crippen LogP contribution in [-0.4, -0.2) is 18.4 Å². The van der Waals surface area contributed by atoms with Gasteiger partial charge in [-0.1, -0.05) is 52.3 Å². The fourth-order valence-electron chi connectivity index (χ4n) is 2.78. The van der Waals surface area contributed by atoms with Crippen molar-refractivity contribution in [3.63, 3.8) is 0 Å². The van der Waals surface area contributed by atoms with E-state index < -0.39 is 0 Å². The molecule has 3 aromatic rings. The van der Waals surface area contributed by atoms with Gasteiger partial charge < -0.3 is 15.4 Å². The smallest absolute Gasteiger partial charge is 0.262 e. The fourth-order valence-corrected chi connectivity index (χ4v) is 3.94. The van der Waals surface area contributed by atoms with Gasteiger partial charge in [0.05, 0.1) is 10.5 Å². The van der Waals surface area contributed by atoms with Crippen LogP contribution >= 0.6 is 31.9 Å². The predicted octanol–water partition coefficient (Wildman–Crippen LogP) is 5.72. The van der Waals surface area contributed by atoms with Crippen molar-refractivity contribution >= 4 is 49.4 Å². The van der Waals surface area contributed by atoms with Crippen LogP contribution in [0.15, 0.2) is 81.7 Å². The fraction of sp³-hybridized carbons (Fsp3) is 0.130. The molecule has 0 spiro atoms. The van der Waals surface area contributed by atoms with Crippen molar-refractivity contribution in [1.29, 1.82) is 0 Å². The molecule has 0 bridgehead atoms. The van der Waals surface area contributed by atoms with Crippen molar-refractivity contribution in [1.82, 2.24) is 5.32 Å². The number of benzene rings is 3. The highest BCUT2D eigenvalue weighted by molar-refractivity contribution is 9.11. The van der Waals surface area contributed by atoms with Gasteiger partial charge in [0, 0.05) is 15.7 Å². The second-order valence-corrected chi connectivity index (χ2v) is 8.37. The molecule has 0 aliphatic rings. The van der Waals surface area contributed by atoms with Gasteiger partial charge in [-0.15, -0.1) is 0 Å². The molecule has 0 aliphatic carbocycles. The quantitative estimate of drug-likeness (QED) is 0.409. The number of amides is 2. The first-order valence-corrected chi connectivity index (χ1v) is 10.8. The number of nitrogens with one attached hydrogen (secondary N) is 2. The summed E-state index contributed by atoms with van der Waals surface area (Å²) in [5.74, 6) is 0.0360. The Morgan fingerprint density at radius 2 is 1.73 bits per heavy atom. The first kappa shape index (κ1) is 22.1. The Balaban J connectivity index is 1.58. The molecular weight excluding hydrogens is 512 g/mol. The number of rotatable bonds is 7. The lowest BCUT2D eigenvalue weighted by Crippen LogP contribution is -2.27. The van der Waals surface area contributed by atoms with E-state index in [1.54, 1.807) is 30.3 Å². The molecule has 2 amide bonds. The van der Waals surface area contributed by atoms with Crippen LogP contribution in [0.4, 0.5) is 5.69 Å². The number of anilines is 1. The summed E-state index contributed by atoms with van der Waals surface area (Å²) in [5, 5.41) is 5.72. The van der Waals surface area contributed by atoms with E-state index >= 15 is 0 Å². The lowest BCUT2D eigenvalue weighted by Gasteiger charge is -2.15. The maximum absolute atomic E-state index is 12.6. The van der Waals surface area contributed by atoms with Gasteiger partial charge in [0.1, 0.15) is 5.75 Å². The highest BCUT2D eigenvalue weighted by Crippen LogP contribution is 2.28. The molecule has 1 atom stereocenters. The summed E-state index contributed by atoms with van der Waals surface area (Å²) >= 11 is 6.76. The minimum absolute atomic E-state index is 0.130. The summed E-state index contributed by atoms with van der Waals surface area (Å²) in [6.07, 6.45) is 0. The van der Waals surface area contributed by atoms with Gasteiger partial charge in [-0.05, 0) is 64.8 Å². The Morgan fingerprint density at radius 1 is 0.967 bits per heavy atom. The third-order valence-electron chi connectivity index (χ3n) is 4.31. The second kappa shape index (κ2) is 10.4. The first-order valence-electron chi connectivity index (χ1n) is 9.26. The van der Waals surface area contributed by atoms with Crippen LogP contribution < -0.4 is 15.4 Å². The van der Waals surface area contributed by atoms with Crippen molar-refractivity contribution in [3.05, 3.63) is 92.9 Å². The van der Waals surface area contributed by atoms with Gasteiger partial charge in [0.2, 0.25) is 0 Å². The molecule has 0 saturated heterocycles. The number of halogens is 2. The molecule has 0 aromatic heterocycles. The first-order chi connectivity index (χ1) is 14.4. The lowest BCUT2D eigenvalue weighted by atomic mass is 10.1. The summed E-state index contributed by atoms with van der Waals surface area (Å²) in [5.41, 5.74) is 2.01. The van der Waals surface area contributed by atoms with Crippen LogP contribution in [0.25, 0.3) is 0 Å². The molecular formula is C23H20Br2N2O3. The maximum Gasteiger partial charge on any atom is 0.262 e. The van der Waals surface area contributed by atoms with E-state index in [-0.39, 0.29) is 24.5 Å². The van der Waals surface area contributed by atoms with E-state index in [1.165, 1.54) is 0 Å². The molecule has 1 unspecified atom stereocenters. The molecule has 2 N–H and O–H groups in total. The third-order valence-corrected chi connectivity index (χ3v) is 5.42. The standard InChI is InChI=1S/C23H20Br2N2O3/c1-15(16-6-3-2-4-7-16)26-23(29)17-8-5-9-19(12-17)27-22(28)14-30-21-11-10-18(24)13-20(21)25/h2-13,15H,14H2,1H3,(H,26,29)(H,27,28). The zero-order chi connectivity index (χ0) is 21.5. The van der Waals surface area contributed by atoms with E-state index in [4.69, 9.17) is 4.74 Å². The van der Waals surface area contributed by atoms with Gasteiger partial charge >= 0.3 is 0 Å². The van der Waals surface area contributed by atoms with Crippen LogP contribution in [0.1, 0.15) is 28.9 Å². The summed E-state index contributed by atoms with van der Waals surface area (Å²) in [7, 11) is 0. The SMILES string of the molecule is CC(NC(=O)c1cccc(NC(=O)COc2ccc(Br)cc2Br)c1)c1ccccc1. The van der Waals surface area contributed by atoms with Gasteiger partial charge in [-0.2, -0.15) is 0 Å². The third kappa shape index (κ3) is 6.18. The molecule has 0 aliphatic heterocycles. The second-order valence-electron chi connectivity index (χ2n) is 6.60. The largest absolute Gasteiger partial charge is 0.483 e. The number of carbonyl (C=O) groups is 2. The zero-order valence-electron chi connectivity index (χ0n) is 16.2. The van der Waals surface area contributed by atoms with Crippen LogP contribution in [0.2, 0.25) is 0 Å². The molecule has 0 heterocycles. The highest BCUT2D eigenvalue weighted by Gasteiger charge is 2.13. The summed E-state index contributed by atoms with van der Waals surface area (Å²) < 4.78 is 7.20. The minimum Gasteiger partial charge on any atom is -0.483 e. The van der Waals surface area contributed by atoms with Crippen LogP contribution in [0.5, 0.6) is 5.75 Å². The molecule has 30 heavy (non-hydrogen) atoms. The minimum atomic E-state index is -0.319. The summed E-state index contributed by atoms with van der Waals surface area (Å²) in [4.78, 5) is 24.8. The lowest BCUT2D eigenvalue weighted by molar-refractivity contribution is -0.118. The van der Waals surface area contributed by atoms with Gasteiger partial charge in [0.15, 0.2) is 6.61 Å². The highest BCUT2D eigenvalue weighted by atomic mass is 79.9. The van der Waals surface area contributed by atoms with Gasteiger partial charge in [0.25, 0.3) is 11.8 Å². The molecule has 0 fully saturated rings. The van der Waals surface area contributed by atoms with E-state index in [0.29, 0.717) is 17.0 Å². The van der Waals surface area contributed by atoms with Crippen molar-refractivity contribution in [3.8, 4) is 5.75 Å². The molecule has 7 heteroatoms. The molecule has 0 radical (unpaired) electrons. The van der Waals surface area contributed by atoms with E-state index in [9.17, 15) is 9.59 Å². The van der Waals surface area contributed by atoms with Crippen LogP contribution in [0, 0.1) is 0 Å². The monoisotopic (exact) mass is 530 g/mol. The topological polar surface area (TPSA) is 67.4 Å². The Bertz CT molecular complexity index is 1040. The number of carbonyl (C=O) groups excluding carboxylic acids is 2. The normalized spacial score (nSPS) is 11.4. The average molecular weight is 532 g/mol. The van der Waals surface area contributed by atoms with Crippen molar-refractivity contribution in [2.45, 2.75) is 13.0 Å². The van der Waals surface area contributed by atoms with E-state index in [2.05, 4.69) is 42.5 Å². The Hall–Kier alpha value is -2.64. The molecule has 3 aromatic carbocycles. The Labute approximate surface area is 192 Å². The zero-order valence-corrected chi connectivity index (χ0v) is 19.4. The number of hydrogen-bond donors (Lipinski definition) is 2. The van der Waals surface area contributed by atoms with E-state index in [0.717, 1.165) is 14.5 Å². The molecule has 0 saturated carbocycles. The molecule has 3 rings (SSSR count). The van der Waals surface area contributed by atoms with Crippen molar-refractivity contribution in [2.24, 2.45) is 0 Å². The van der Waals surface area contributed by atoms with Crippen LogP contribution in [0.3, 0.4) is 0 Å². The van der Waals surface area contributed by atoms with Gasteiger partial charge in [-0.25, -0.2) is 0 Å².